The highest BCUT2D eigenvalue weighted by Gasteiger charge is 2.08. The molecule has 0 fully saturated rings. The zero-order chi connectivity index (χ0) is 17.1. The van der Waals surface area contributed by atoms with Crippen molar-refractivity contribution in [2.45, 2.75) is 0 Å². The van der Waals surface area contributed by atoms with Gasteiger partial charge in [-0.3, -0.25) is 4.79 Å². The third-order valence-electron chi connectivity index (χ3n) is 3.47. The number of allylic oxidation sites excluding steroid dienone is 1. The van der Waals surface area contributed by atoms with Crippen molar-refractivity contribution in [3.05, 3.63) is 85.1 Å². The van der Waals surface area contributed by atoms with Gasteiger partial charge in [0, 0.05) is 4.88 Å². The third kappa shape index (κ3) is 3.50. The van der Waals surface area contributed by atoms with Crippen LogP contribution in [-0.4, -0.2) is 14.6 Å². The van der Waals surface area contributed by atoms with Crippen molar-refractivity contribution in [2.24, 2.45) is 0 Å². The predicted octanol–water partition coefficient (Wildman–Crippen LogP) is 3.60. The van der Waals surface area contributed by atoms with Crippen LogP contribution in [0.1, 0.15) is 16.3 Å². The molecule has 0 unspecified atom stereocenters. The zero-order valence-electron chi connectivity index (χ0n) is 13.1. The van der Waals surface area contributed by atoms with Crippen molar-refractivity contribution < 1.29 is 0 Å². The molecule has 0 spiro atoms. The molecule has 0 atom stereocenters. The number of nitrogens with zero attached hydrogens (tertiary/aromatic N) is 3. The Balaban J connectivity index is 1.61. The molecule has 0 radical (unpaired) electrons. The maximum Gasteiger partial charge on any atom is 0.291 e. The van der Waals surface area contributed by atoms with Gasteiger partial charge in [0.1, 0.15) is 0 Å². The molecule has 1 aromatic carbocycles. The number of aromatic nitrogens is 3. The van der Waals surface area contributed by atoms with Crippen molar-refractivity contribution >= 4 is 51.9 Å². The molecule has 0 aliphatic carbocycles. The molecule has 3 aromatic heterocycles. The summed E-state index contributed by atoms with van der Waals surface area (Å²) in [6.07, 6.45) is 9.41. The van der Waals surface area contributed by atoms with Crippen LogP contribution in [0.4, 0.5) is 0 Å². The van der Waals surface area contributed by atoms with Gasteiger partial charge in [0.15, 0.2) is 5.82 Å². The van der Waals surface area contributed by atoms with Crippen molar-refractivity contribution in [1.82, 2.24) is 14.6 Å². The second-order valence-corrected chi connectivity index (χ2v) is 7.21. The second kappa shape index (κ2) is 6.96. The summed E-state index contributed by atoms with van der Waals surface area (Å²) in [5.74, 6) is 0.545. The molecule has 0 N–H and O–H groups in total. The lowest BCUT2D eigenvalue weighted by Crippen LogP contribution is -2.23. The molecule has 3 heterocycles. The Morgan fingerprint density at radius 3 is 2.64 bits per heavy atom. The lowest BCUT2D eigenvalue weighted by molar-refractivity contribution is 0.925. The second-order valence-electron chi connectivity index (χ2n) is 5.22. The van der Waals surface area contributed by atoms with Crippen molar-refractivity contribution in [3.8, 4) is 0 Å². The Morgan fingerprint density at radius 2 is 1.88 bits per heavy atom. The average molecular weight is 363 g/mol. The lowest BCUT2D eigenvalue weighted by atomic mass is 10.2. The summed E-state index contributed by atoms with van der Waals surface area (Å²) in [4.78, 5) is 18.5. The molecule has 0 saturated heterocycles. The zero-order valence-corrected chi connectivity index (χ0v) is 14.7. The first-order valence-corrected chi connectivity index (χ1v) is 9.34. The van der Waals surface area contributed by atoms with E-state index >= 15 is 0 Å². The molecule has 122 valence electrons. The van der Waals surface area contributed by atoms with Crippen LogP contribution < -0.4 is 10.1 Å². The summed E-state index contributed by atoms with van der Waals surface area (Å²) >= 11 is 2.99. The van der Waals surface area contributed by atoms with Crippen LogP contribution in [-0.2, 0) is 0 Å². The van der Waals surface area contributed by atoms with Gasteiger partial charge >= 0.3 is 0 Å². The third-order valence-corrected chi connectivity index (χ3v) is 5.29. The maximum absolute atomic E-state index is 12.4. The maximum atomic E-state index is 12.4. The predicted molar refractivity (Wildman–Crippen MR) is 106 cm³/mol. The summed E-state index contributed by atoms with van der Waals surface area (Å²) < 4.78 is 1.98. The molecule has 4 nitrogen and oxygen atoms in total. The SMILES string of the molecule is O=c1/c(=C/C=C/c2ccccc2)sc2nc(/C=C/c3cccs3)nn12. The highest BCUT2D eigenvalue weighted by Crippen LogP contribution is 2.12. The van der Waals surface area contributed by atoms with E-state index in [0.717, 1.165) is 10.4 Å². The van der Waals surface area contributed by atoms with Gasteiger partial charge < -0.3 is 0 Å². The Morgan fingerprint density at radius 1 is 1.00 bits per heavy atom. The number of thiazole rings is 1. The first-order chi connectivity index (χ1) is 12.3. The van der Waals surface area contributed by atoms with Crippen molar-refractivity contribution in [2.75, 3.05) is 0 Å². The normalized spacial score (nSPS) is 12.9. The van der Waals surface area contributed by atoms with Crippen LogP contribution in [0.3, 0.4) is 0 Å². The van der Waals surface area contributed by atoms with Crippen molar-refractivity contribution in [1.29, 1.82) is 0 Å². The smallest absolute Gasteiger partial charge is 0.266 e. The Hall–Kier alpha value is -2.83. The molecule has 4 aromatic rings. The first kappa shape index (κ1) is 15.7. The van der Waals surface area contributed by atoms with E-state index < -0.39 is 0 Å². The van der Waals surface area contributed by atoms with E-state index in [-0.39, 0.29) is 5.56 Å². The van der Waals surface area contributed by atoms with Crippen LogP contribution in [0.2, 0.25) is 0 Å². The largest absolute Gasteiger partial charge is 0.291 e. The van der Waals surface area contributed by atoms with Crippen LogP contribution in [0.15, 0.2) is 58.7 Å². The van der Waals surface area contributed by atoms with Gasteiger partial charge in [0.2, 0.25) is 4.96 Å². The van der Waals surface area contributed by atoms with Gasteiger partial charge in [-0.1, -0.05) is 59.9 Å². The molecular weight excluding hydrogens is 350 g/mol. The van der Waals surface area contributed by atoms with Crippen LogP contribution in [0, 0.1) is 0 Å². The number of hydrogen-bond acceptors (Lipinski definition) is 5. The summed E-state index contributed by atoms with van der Waals surface area (Å²) in [5.41, 5.74) is 0.952. The first-order valence-electron chi connectivity index (χ1n) is 7.64. The Bertz CT molecular complexity index is 1150. The van der Waals surface area contributed by atoms with Crippen LogP contribution in [0.5, 0.6) is 0 Å². The van der Waals surface area contributed by atoms with Gasteiger partial charge in [-0.2, -0.15) is 9.50 Å². The van der Waals surface area contributed by atoms with E-state index in [1.54, 1.807) is 17.4 Å². The summed E-state index contributed by atoms with van der Waals surface area (Å²) in [6, 6.07) is 14.0. The summed E-state index contributed by atoms with van der Waals surface area (Å²) in [7, 11) is 0. The van der Waals surface area contributed by atoms with Gasteiger partial charge in [-0.05, 0) is 35.2 Å². The lowest BCUT2D eigenvalue weighted by Gasteiger charge is -1.87. The Kier molecular flexibility index (Phi) is 4.37. The molecule has 4 rings (SSSR count). The molecule has 0 amide bonds. The standard InChI is InChI=1S/C19H13N3OS2/c23-18-16(10-4-8-14-6-2-1-3-7-14)25-19-20-17(21-22(18)19)12-11-15-9-5-13-24-15/h1-13H/b8-4+,12-11+,16-10-. The topological polar surface area (TPSA) is 47.3 Å². The van der Waals surface area contributed by atoms with Gasteiger partial charge in [-0.25, -0.2) is 0 Å². The van der Waals surface area contributed by atoms with Crippen molar-refractivity contribution in [3.63, 3.8) is 0 Å². The molecule has 0 aliphatic heterocycles. The monoisotopic (exact) mass is 363 g/mol. The highest BCUT2D eigenvalue weighted by atomic mass is 32.1. The van der Waals surface area contributed by atoms with E-state index in [1.807, 2.05) is 72.1 Å². The molecule has 6 heteroatoms. The molecule has 0 aliphatic rings. The minimum Gasteiger partial charge on any atom is -0.266 e. The van der Waals surface area contributed by atoms with E-state index in [4.69, 9.17) is 0 Å². The fraction of sp³-hybridized carbons (Fsp3) is 0. The van der Waals surface area contributed by atoms with E-state index in [1.165, 1.54) is 15.9 Å². The number of rotatable bonds is 4. The summed E-state index contributed by atoms with van der Waals surface area (Å²) in [5, 5.41) is 6.29. The molecule has 25 heavy (non-hydrogen) atoms. The number of hydrogen-bond donors (Lipinski definition) is 0. The summed E-state index contributed by atoms with van der Waals surface area (Å²) in [6.45, 7) is 0. The van der Waals surface area contributed by atoms with E-state index in [2.05, 4.69) is 10.1 Å². The van der Waals surface area contributed by atoms with Crippen LogP contribution >= 0.6 is 22.7 Å². The van der Waals surface area contributed by atoms with Gasteiger partial charge in [0.25, 0.3) is 5.56 Å². The quantitative estimate of drug-likeness (QED) is 0.557. The van der Waals surface area contributed by atoms with E-state index in [9.17, 15) is 4.79 Å². The minimum atomic E-state index is -0.138. The van der Waals surface area contributed by atoms with Crippen LogP contribution in [0.25, 0.3) is 29.3 Å². The fourth-order valence-electron chi connectivity index (χ4n) is 2.29. The molecule has 0 bridgehead atoms. The molecule has 0 saturated carbocycles. The van der Waals surface area contributed by atoms with Gasteiger partial charge in [-0.15, -0.1) is 16.4 Å². The number of thiophene rings is 1. The van der Waals surface area contributed by atoms with E-state index in [0.29, 0.717) is 15.3 Å². The molecular formula is C19H13N3OS2. The number of fused-ring (bicyclic) bond motifs is 1. The fourth-order valence-corrected chi connectivity index (χ4v) is 3.77. The average Bonchev–Trinajstić information content (AvgIpc) is 3.34. The van der Waals surface area contributed by atoms with Gasteiger partial charge in [0.05, 0.1) is 4.53 Å². The highest BCUT2D eigenvalue weighted by molar-refractivity contribution is 7.15. The Labute approximate surface area is 151 Å². The number of benzene rings is 1. The minimum absolute atomic E-state index is 0.138.